The molecule has 5 heteroatoms. The molecule has 0 N–H and O–H groups in total. The smallest absolute Gasteiger partial charge is 0.252 e. The molecule has 0 fully saturated rings. The van der Waals surface area contributed by atoms with Crippen LogP contribution in [0.4, 0.5) is 0 Å². The number of carbonyl (C=O) groups is 1. The molecule has 0 aliphatic rings. The van der Waals surface area contributed by atoms with Crippen molar-refractivity contribution in [3.05, 3.63) is 23.8 Å². The fraction of sp³-hybridized carbons (Fsp3) is 0.400. The fourth-order valence-corrected chi connectivity index (χ4v) is 1.18. The summed E-state index contributed by atoms with van der Waals surface area (Å²) < 4.78 is 1.53. The summed E-state index contributed by atoms with van der Waals surface area (Å²) in [4.78, 5) is 18.9. The average Bonchev–Trinajstić information content (AvgIpc) is 2.59. The molecule has 0 aliphatic carbocycles. The minimum absolute atomic E-state index is 0.116. The van der Waals surface area contributed by atoms with Gasteiger partial charge in [-0.3, -0.25) is 4.79 Å². The Morgan fingerprint density at radius 1 is 1.40 bits per heavy atom. The summed E-state index contributed by atoms with van der Waals surface area (Å²) in [6.07, 6.45) is 3.85. The van der Waals surface area contributed by atoms with Crippen LogP contribution in [0, 0.1) is 0 Å². The molecule has 0 saturated heterocycles. The first-order valence-corrected chi connectivity index (χ1v) is 4.69. The average molecular weight is 204 g/mol. The molecule has 78 valence electrons. The quantitative estimate of drug-likeness (QED) is 0.655. The Labute approximate surface area is 87.2 Å². The number of carbonyl (C=O) groups excluding carboxylic acids is 1. The van der Waals surface area contributed by atoms with E-state index in [2.05, 4.69) is 15.1 Å². The van der Waals surface area contributed by atoms with Gasteiger partial charge in [0.25, 0.3) is 5.78 Å². The SMILES string of the molecule is CC(C)(C)c1nc2ncc(C=O)cn2n1. The van der Waals surface area contributed by atoms with E-state index in [0.29, 0.717) is 11.3 Å². The number of rotatable bonds is 1. The lowest BCUT2D eigenvalue weighted by Crippen LogP contribution is -2.13. The summed E-state index contributed by atoms with van der Waals surface area (Å²) >= 11 is 0. The van der Waals surface area contributed by atoms with Gasteiger partial charge >= 0.3 is 0 Å². The molecule has 0 amide bonds. The molecule has 0 aromatic carbocycles. The van der Waals surface area contributed by atoms with Gasteiger partial charge in [0.05, 0.1) is 5.56 Å². The van der Waals surface area contributed by atoms with Gasteiger partial charge in [0.1, 0.15) is 0 Å². The van der Waals surface area contributed by atoms with Crippen molar-refractivity contribution in [1.29, 1.82) is 0 Å². The van der Waals surface area contributed by atoms with Crippen LogP contribution < -0.4 is 0 Å². The fourth-order valence-electron chi connectivity index (χ4n) is 1.18. The lowest BCUT2D eigenvalue weighted by Gasteiger charge is -2.11. The third-order valence-corrected chi connectivity index (χ3v) is 2.02. The van der Waals surface area contributed by atoms with Crippen LogP contribution >= 0.6 is 0 Å². The molecule has 2 aromatic heterocycles. The zero-order valence-electron chi connectivity index (χ0n) is 8.93. The maximum atomic E-state index is 10.6. The van der Waals surface area contributed by atoms with E-state index in [9.17, 15) is 4.79 Å². The Bertz CT molecular complexity index is 510. The first-order chi connectivity index (χ1) is 7.00. The summed E-state index contributed by atoms with van der Waals surface area (Å²) in [6.45, 7) is 6.09. The normalized spacial score (nSPS) is 11.9. The van der Waals surface area contributed by atoms with Crippen molar-refractivity contribution in [2.75, 3.05) is 0 Å². The van der Waals surface area contributed by atoms with Crippen LogP contribution in [-0.4, -0.2) is 25.9 Å². The number of fused-ring (bicyclic) bond motifs is 1. The molecule has 15 heavy (non-hydrogen) atoms. The molecule has 0 atom stereocenters. The monoisotopic (exact) mass is 204 g/mol. The van der Waals surface area contributed by atoms with E-state index in [1.165, 1.54) is 10.7 Å². The van der Waals surface area contributed by atoms with Crippen LogP contribution in [-0.2, 0) is 5.41 Å². The van der Waals surface area contributed by atoms with E-state index in [-0.39, 0.29) is 5.41 Å². The standard InChI is InChI=1S/C10H12N4O/c1-10(2,3)8-12-9-11-4-7(6-15)5-14(9)13-8/h4-6H,1-3H3. The maximum absolute atomic E-state index is 10.6. The van der Waals surface area contributed by atoms with Gasteiger partial charge in [-0.1, -0.05) is 20.8 Å². The van der Waals surface area contributed by atoms with Crippen LogP contribution in [0.1, 0.15) is 37.0 Å². The van der Waals surface area contributed by atoms with Crippen molar-refractivity contribution < 1.29 is 4.79 Å². The first kappa shape index (κ1) is 9.76. The zero-order valence-corrected chi connectivity index (χ0v) is 8.93. The minimum atomic E-state index is -0.116. The summed E-state index contributed by atoms with van der Waals surface area (Å²) in [5.41, 5.74) is 0.377. The number of nitrogens with zero attached hydrogens (tertiary/aromatic N) is 4. The van der Waals surface area contributed by atoms with E-state index in [4.69, 9.17) is 0 Å². The zero-order chi connectivity index (χ0) is 11.1. The van der Waals surface area contributed by atoms with Crippen molar-refractivity contribution in [3.8, 4) is 0 Å². The van der Waals surface area contributed by atoms with E-state index >= 15 is 0 Å². The van der Waals surface area contributed by atoms with E-state index in [1.54, 1.807) is 6.20 Å². The molecule has 2 heterocycles. The van der Waals surface area contributed by atoms with Gasteiger partial charge < -0.3 is 0 Å². The van der Waals surface area contributed by atoms with Gasteiger partial charge in [-0.2, -0.15) is 4.98 Å². The van der Waals surface area contributed by atoms with Gasteiger partial charge in [-0.25, -0.2) is 9.50 Å². The van der Waals surface area contributed by atoms with Crippen LogP contribution in [0.25, 0.3) is 5.78 Å². The summed E-state index contributed by atoms with van der Waals surface area (Å²) in [5.74, 6) is 1.24. The summed E-state index contributed by atoms with van der Waals surface area (Å²) in [6, 6.07) is 0. The molecular weight excluding hydrogens is 192 g/mol. The predicted molar refractivity (Wildman–Crippen MR) is 54.9 cm³/mol. The van der Waals surface area contributed by atoms with Crippen LogP contribution in [0.3, 0.4) is 0 Å². The number of aromatic nitrogens is 4. The highest BCUT2D eigenvalue weighted by Gasteiger charge is 2.19. The second-order valence-corrected chi connectivity index (χ2v) is 4.44. The second-order valence-electron chi connectivity index (χ2n) is 4.44. The maximum Gasteiger partial charge on any atom is 0.252 e. The molecule has 0 saturated carbocycles. The molecule has 5 nitrogen and oxygen atoms in total. The molecule has 2 rings (SSSR count). The number of hydrogen-bond acceptors (Lipinski definition) is 4. The van der Waals surface area contributed by atoms with E-state index < -0.39 is 0 Å². The third kappa shape index (κ3) is 1.72. The van der Waals surface area contributed by atoms with Gasteiger partial charge in [-0.15, -0.1) is 5.10 Å². The molecule has 0 bridgehead atoms. The van der Waals surface area contributed by atoms with Crippen LogP contribution in [0.15, 0.2) is 12.4 Å². The Balaban J connectivity index is 2.61. The van der Waals surface area contributed by atoms with Gasteiger partial charge in [0.15, 0.2) is 12.1 Å². The largest absolute Gasteiger partial charge is 0.298 e. The van der Waals surface area contributed by atoms with Crippen LogP contribution in [0.2, 0.25) is 0 Å². The minimum Gasteiger partial charge on any atom is -0.298 e. The van der Waals surface area contributed by atoms with Gasteiger partial charge in [0.2, 0.25) is 0 Å². The predicted octanol–water partition coefficient (Wildman–Crippen LogP) is 1.23. The number of aldehydes is 1. The summed E-state index contributed by atoms with van der Waals surface area (Å²) in [5, 5.41) is 4.28. The molecule has 0 aliphatic heterocycles. The topological polar surface area (TPSA) is 60.2 Å². The first-order valence-electron chi connectivity index (χ1n) is 4.69. The van der Waals surface area contributed by atoms with Crippen LogP contribution in [0.5, 0.6) is 0 Å². The highest BCUT2D eigenvalue weighted by molar-refractivity contribution is 5.73. The van der Waals surface area contributed by atoms with Crippen molar-refractivity contribution in [3.63, 3.8) is 0 Å². The molecule has 0 radical (unpaired) electrons. The summed E-state index contributed by atoms with van der Waals surface area (Å²) in [7, 11) is 0. The third-order valence-electron chi connectivity index (χ3n) is 2.02. The van der Waals surface area contributed by atoms with Crippen molar-refractivity contribution >= 4 is 12.1 Å². The Hall–Kier alpha value is -1.78. The van der Waals surface area contributed by atoms with Crippen molar-refractivity contribution in [1.82, 2.24) is 19.6 Å². The second kappa shape index (κ2) is 3.12. The van der Waals surface area contributed by atoms with E-state index in [0.717, 1.165) is 12.1 Å². The Morgan fingerprint density at radius 2 is 2.13 bits per heavy atom. The molecule has 0 spiro atoms. The molecule has 0 unspecified atom stereocenters. The lowest BCUT2D eigenvalue weighted by molar-refractivity contribution is 0.112. The van der Waals surface area contributed by atoms with Crippen molar-refractivity contribution in [2.45, 2.75) is 26.2 Å². The van der Waals surface area contributed by atoms with Gasteiger partial charge in [0, 0.05) is 17.8 Å². The Morgan fingerprint density at radius 3 is 2.73 bits per heavy atom. The Kier molecular flexibility index (Phi) is 2.03. The lowest BCUT2D eigenvalue weighted by atomic mass is 9.96. The van der Waals surface area contributed by atoms with E-state index in [1.807, 2.05) is 20.8 Å². The van der Waals surface area contributed by atoms with Gasteiger partial charge in [-0.05, 0) is 0 Å². The molecule has 2 aromatic rings. The van der Waals surface area contributed by atoms with Crippen molar-refractivity contribution in [2.24, 2.45) is 0 Å². The number of hydrogen-bond donors (Lipinski definition) is 0. The highest BCUT2D eigenvalue weighted by Crippen LogP contribution is 2.18. The highest BCUT2D eigenvalue weighted by atomic mass is 16.1. The molecular formula is C10H12N4O.